The lowest BCUT2D eigenvalue weighted by Crippen LogP contribution is -2.14. The molecule has 0 bridgehead atoms. The van der Waals surface area contributed by atoms with E-state index in [1.807, 2.05) is 19.1 Å². The predicted molar refractivity (Wildman–Crippen MR) is 90.8 cm³/mol. The third-order valence-corrected chi connectivity index (χ3v) is 3.25. The van der Waals surface area contributed by atoms with Crippen LogP contribution in [-0.4, -0.2) is 10.9 Å². The molecule has 0 aliphatic heterocycles. The highest BCUT2D eigenvalue weighted by molar-refractivity contribution is 6.33. The lowest BCUT2D eigenvalue weighted by molar-refractivity contribution is -0.112. The van der Waals surface area contributed by atoms with Gasteiger partial charge in [0.25, 0.3) is 5.91 Å². The van der Waals surface area contributed by atoms with E-state index < -0.39 is 5.91 Å². The van der Waals surface area contributed by atoms with Crippen molar-refractivity contribution >= 4 is 34.6 Å². The fourth-order valence-corrected chi connectivity index (χ4v) is 1.84. The number of benzene rings is 1. The monoisotopic (exact) mass is 327 g/mol. The van der Waals surface area contributed by atoms with Crippen molar-refractivity contribution in [1.82, 2.24) is 4.98 Å². The summed E-state index contributed by atoms with van der Waals surface area (Å²) in [6.45, 7) is 1.87. The molecule has 0 fully saturated rings. The van der Waals surface area contributed by atoms with E-state index in [4.69, 9.17) is 22.6 Å². The van der Waals surface area contributed by atoms with Gasteiger partial charge in [-0.25, -0.2) is 0 Å². The van der Waals surface area contributed by atoms with Crippen LogP contribution in [0.4, 0.5) is 17.1 Å². The van der Waals surface area contributed by atoms with Gasteiger partial charge < -0.3 is 16.4 Å². The number of anilines is 3. The molecule has 0 radical (unpaired) electrons. The van der Waals surface area contributed by atoms with E-state index in [-0.39, 0.29) is 5.57 Å². The average Bonchev–Trinajstić information content (AvgIpc) is 2.53. The molecule has 0 unspecified atom stereocenters. The summed E-state index contributed by atoms with van der Waals surface area (Å²) >= 11 is 5.89. The number of hydrogen-bond acceptors (Lipinski definition) is 5. The van der Waals surface area contributed by atoms with Crippen LogP contribution in [0.2, 0.25) is 5.02 Å². The Morgan fingerprint density at radius 3 is 2.70 bits per heavy atom. The molecule has 0 saturated carbocycles. The molecule has 1 aromatic carbocycles. The summed E-state index contributed by atoms with van der Waals surface area (Å²) in [5.41, 5.74) is 7.93. The first kappa shape index (κ1) is 16.3. The second-order valence-corrected chi connectivity index (χ2v) is 5.10. The van der Waals surface area contributed by atoms with Gasteiger partial charge in [-0.1, -0.05) is 11.6 Å². The smallest absolute Gasteiger partial charge is 0.267 e. The molecular weight excluding hydrogens is 314 g/mol. The Kier molecular flexibility index (Phi) is 5.18. The summed E-state index contributed by atoms with van der Waals surface area (Å²) in [5, 5.41) is 14.9. The zero-order valence-electron chi connectivity index (χ0n) is 12.3. The molecule has 0 aliphatic rings. The van der Waals surface area contributed by atoms with Crippen LogP contribution in [0.3, 0.4) is 0 Å². The standard InChI is InChI=1S/C16H14ClN5O/c1-10-2-3-13(9-20-10)21-8-11(7-18)16(23)22-12-4-5-15(19)14(17)6-12/h2-6,8-9,21H,19H2,1H3,(H,22,23)/b11-8-. The maximum Gasteiger partial charge on any atom is 0.267 e. The van der Waals surface area contributed by atoms with Crippen molar-refractivity contribution in [1.29, 1.82) is 5.26 Å². The van der Waals surface area contributed by atoms with Crippen molar-refractivity contribution in [3.05, 3.63) is 59.0 Å². The Morgan fingerprint density at radius 1 is 1.35 bits per heavy atom. The zero-order valence-corrected chi connectivity index (χ0v) is 13.1. The molecule has 0 spiro atoms. The van der Waals surface area contributed by atoms with Crippen molar-refractivity contribution in [2.45, 2.75) is 6.92 Å². The first-order valence-electron chi connectivity index (χ1n) is 6.65. The number of carbonyl (C=O) groups is 1. The summed E-state index contributed by atoms with van der Waals surface area (Å²) in [5.74, 6) is -0.555. The fourth-order valence-electron chi connectivity index (χ4n) is 1.66. The minimum Gasteiger partial charge on any atom is -0.398 e. The number of nitrogens with zero attached hydrogens (tertiary/aromatic N) is 2. The second-order valence-electron chi connectivity index (χ2n) is 4.69. The Morgan fingerprint density at radius 2 is 2.09 bits per heavy atom. The van der Waals surface area contributed by atoms with Gasteiger partial charge in [0.1, 0.15) is 11.6 Å². The average molecular weight is 328 g/mol. The number of aryl methyl sites for hydroxylation is 1. The van der Waals surface area contributed by atoms with Gasteiger partial charge in [-0.3, -0.25) is 9.78 Å². The highest BCUT2D eigenvalue weighted by atomic mass is 35.5. The van der Waals surface area contributed by atoms with Crippen molar-refractivity contribution < 1.29 is 4.79 Å². The molecule has 2 rings (SSSR count). The van der Waals surface area contributed by atoms with Crippen molar-refractivity contribution in [2.75, 3.05) is 16.4 Å². The van der Waals surface area contributed by atoms with Crippen LogP contribution < -0.4 is 16.4 Å². The van der Waals surface area contributed by atoms with E-state index in [1.54, 1.807) is 24.4 Å². The number of pyridine rings is 1. The number of nitrogen functional groups attached to an aromatic ring is 1. The van der Waals surface area contributed by atoms with Gasteiger partial charge in [0.05, 0.1) is 22.6 Å². The molecule has 1 aromatic heterocycles. The highest BCUT2D eigenvalue weighted by Crippen LogP contribution is 2.22. The van der Waals surface area contributed by atoms with Crippen molar-refractivity contribution in [2.24, 2.45) is 0 Å². The molecule has 2 aromatic rings. The minimum absolute atomic E-state index is 0.0847. The number of carbonyl (C=O) groups excluding carboxylic acids is 1. The van der Waals surface area contributed by atoms with Gasteiger partial charge in [-0.2, -0.15) is 5.26 Å². The van der Waals surface area contributed by atoms with Gasteiger partial charge in [-0.15, -0.1) is 0 Å². The molecule has 4 N–H and O–H groups in total. The van der Waals surface area contributed by atoms with Crippen molar-refractivity contribution in [3.8, 4) is 6.07 Å². The SMILES string of the molecule is Cc1ccc(N/C=C(/C#N)C(=O)Nc2ccc(N)c(Cl)c2)cn1. The number of hydrogen-bond donors (Lipinski definition) is 3. The normalized spacial score (nSPS) is 10.7. The van der Waals surface area contributed by atoms with Crippen LogP contribution in [0.25, 0.3) is 0 Å². The molecule has 0 saturated heterocycles. The molecule has 0 aliphatic carbocycles. The summed E-state index contributed by atoms with van der Waals surface area (Å²) in [6.07, 6.45) is 2.93. The van der Waals surface area contributed by atoms with E-state index in [0.717, 1.165) is 5.69 Å². The highest BCUT2D eigenvalue weighted by Gasteiger charge is 2.10. The summed E-state index contributed by atoms with van der Waals surface area (Å²) < 4.78 is 0. The summed E-state index contributed by atoms with van der Waals surface area (Å²) in [6, 6.07) is 10.1. The molecule has 23 heavy (non-hydrogen) atoms. The second kappa shape index (κ2) is 7.29. The molecule has 6 nitrogen and oxygen atoms in total. The number of nitrogens with two attached hydrogens (primary N) is 1. The number of nitrogens with one attached hydrogen (secondary N) is 2. The lowest BCUT2D eigenvalue weighted by atomic mass is 10.2. The van der Waals surface area contributed by atoms with E-state index in [9.17, 15) is 4.79 Å². The summed E-state index contributed by atoms with van der Waals surface area (Å²) in [4.78, 5) is 16.2. The number of aromatic nitrogens is 1. The number of halogens is 1. The van der Waals surface area contributed by atoms with Crippen LogP contribution in [0.15, 0.2) is 48.3 Å². The van der Waals surface area contributed by atoms with E-state index in [2.05, 4.69) is 15.6 Å². The van der Waals surface area contributed by atoms with Crippen LogP contribution in [0.5, 0.6) is 0 Å². The number of nitriles is 1. The van der Waals surface area contributed by atoms with E-state index in [1.165, 1.54) is 12.3 Å². The molecule has 1 heterocycles. The van der Waals surface area contributed by atoms with Gasteiger partial charge in [0.2, 0.25) is 0 Å². The van der Waals surface area contributed by atoms with Gasteiger partial charge in [0.15, 0.2) is 0 Å². The Bertz CT molecular complexity index is 793. The van der Waals surface area contributed by atoms with Crippen LogP contribution in [-0.2, 0) is 4.79 Å². The molecular formula is C16H14ClN5O. The fraction of sp³-hybridized carbons (Fsp3) is 0.0625. The quantitative estimate of drug-likeness (QED) is 0.455. The largest absolute Gasteiger partial charge is 0.398 e. The molecule has 116 valence electrons. The van der Waals surface area contributed by atoms with Gasteiger partial charge in [-0.05, 0) is 37.3 Å². The Hall–Kier alpha value is -3.04. The third kappa shape index (κ3) is 4.46. The van der Waals surface area contributed by atoms with Crippen LogP contribution in [0.1, 0.15) is 5.69 Å². The lowest BCUT2D eigenvalue weighted by Gasteiger charge is -2.06. The number of amides is 1. The van der Waals surface area contributed by atoms with Gasteiger partial charge in [0, 0.05) is 17.6 Å². The van der Waals surface area contributed by atoms with Crippen LogP contribution in [0, 0.1) is 18.3 Å². The Labute approximate surface area is 138 Å². The minimum atomic E-state index is -0.555. The third-order valence-electron chi connectivity index (χ3n) is 2.92. The van der Waals surface area contributed by atoms with E-state index >= 15 is 0 Å². The summed E-state index contributed by atoms with van der Waals surface area (Å²) in [7, 11) is 0. The first-order valence-corrected chi connectivity index (χ1v) is 7.03. The molecule has 7 heteroatoms. The van der Waals surface area contributed by atoms with Gasteiger partial charge >= 0.3 is 0 Å². The Balaban J connectivity index is 2.08. The van der Waals surface area contributed by atoms with Crippen molar-refractivity contribution in [3.63, 3.8) is 0 Å². The molecule has 0 atom stereocenters. The maximum atomic E-state index is 12.1. The van der Waals surface area contributed by atoms with Crippen LogP contribution >= 0.6 is 11.6 Å². The molecule has 1 amide bonds. The topological polar surface area (TPSA) is 104 Å². The van der Waals surface area contributed by atoms with E-state index in [0.29, 0.717) is 22.1 Å². The first-order chi connectivity index (χ1) is 11.0. The number of rotatable bonds is 4. The zero-order chi connectivity index (χ0) is 16.8. The predicted octanol–water partition coefficient (Wildman–Crippen LogP) is 3.08. The maximum absolute atomic E-state index is 12.1.